The van der Waals surface area contributed by atoms with Crippen LogP contribution >= 0.6 is 11.3 Å². The molecule has 1 aromatic heterocycles. The Morgan fingerprint density at radius 3 is 1.91 bits per heavy atom. The minimum Gasteiger partial charge on any atom is -0.309 e. The van der Waals surface area contributed by atoms with Crippen LogP contribution in [-0.4, -0.2) is 0 Å². The van der Waals surface area contributed by atoms with E-state index in [0.29, 0.717) is 0 Å². The number of anilines is 3. The number of hydrogen-bond acceptors (Lipinski definition) is 2. The van der Waals surface area contributed by atoms with Gasteiger partial charge in [0, 0.05) is 32.3 Å². The first-order chi connectivity index (χ1) is 26.7. The topological polar surface area (TPSA) is 3.24 Å². The highest BCUT2D eigenvalue weighted by Gasteiger charge is 2.61. The summed E-state index contributed by atoms with van der Waals surface area (Å²) in [5, 5.41) is 2.63. The molecular weight excluding hydrogens is 671 g/mol. The van der Waals surface area contributed by atoms with E-state index in [-0.39, 0.29) is 5.41 Å². The second kappa shape index (κ2) is 11.8. The fourth-order valence-electron chi connectivity index (χ4n) is 11.9. The molecule has 1 spiro atoms. The van der Waals surface area contributed by atoms with Crippen molar-refractivity contribution in [3.63, 3.8) is 0 Å². The molecule has 0 amide bonds. The van der Waals surface area contributed by atoms with Crippen molar-refractivity contribution in [1.29, 1.82) is 0 Å². The number of rotatable bonds is 5. The highest BCUT2D eigenvalue weighted by Crippen LogP contribution is 2.69. The summed E-state index contributed by atoms with van der Waals surface area (Å²) in [6.45, 7) is 0. The molecule has 4 fully saturated rings. The zero-order valence-electron chi connectivity index (χ0n) is 30.3. The lowest BCUT2D eigenvalue weighted by Gasteiger charge is -2.61. The number of fused-ring (bicyclic) bond motifs is 6. The quantitative estimate of drug-likeness (QED) is 0.172. The maximum absolute atomic E-state index is 2.55. The smallest absolute Gasteiger partial charge is 0.0640 e. The minimum atomic E-state index is 0.212. The average Bonchev–Trinajstić information content (AvgIpc) is 3.75. The summed E-state index contributed by atoms with van der Waals surface area (Å²) in [7, 11) is 0. The Labute approximate surface area is 321 Å². The van der Waals surface area contributed by atoms with Crippen LogP contribution in [0.15, 0.2) is 164 Å². The van der Waals surface area contributed by atoms with Crippen molar-refractivity contribution in [2.24, 2.45) is 23.7 Å². The molecule has 2 heteroatoms. The van der Waals surface area contributed by atoms with Crippen molar-refractivity contribution in [3.05, 3.63) is 175 Å². The van der Waals surface area contributed by atoms with Crippen LogP contribution in [0.2, 0.25) is 0 Å². The lowest BCUT2D eigenvalue weighted by molar-refractivity contribution is -0.0399. The van der Waals surface area contributed by atoms with Gasteiger partial charge in [0.15, 0.2) is 0 Å². The van der Waals surface area contributed by atoms with E-state index >= 15 is 0 Å². The number of nitrogens with zero attached hydrogens (tertiary/aromatic N) is 1. The molecule has 7 aromatic carbocycles. The summed E-state index contributed by atoms with van der Waals surface area (Å²) in [6.07, 6.45) is 7.17. The molecule has 0 N–H and O–H groups in total. The van der Waals surface area contributed by atoms with Gasteiger partial charge in [0.1, 0.15) is 0 Å². The van der Waals surface area contributed by atoms with Crippen LogP contribution in [0, 0.1) is 23.7 Å². The maximum atomic E-state index is 2.55. The van der Waals surface area contributed by atoms with Gasteiger partial charge < -0.3 is 4.90 Å². The first kappa shape index (κ1) is 31.0. The van der Waals surface area contributed by atoms with Crippen molar-refractivity contribution in [3.8, 4) is 33.4 Å². The highest BCUT2D eigenvalue weighted by molar-refractivity contribution is 7.26. The van der Waals surface area contributed by atoms with E-state index < -0.39 is 0 Å². The molecule has 1 heterocycles. The molecule has 0 aliphatic heterocycles. The summed E-state index contributed by atoms with van der Waals surface area (Å²) >= 11 is 1.89. The van der Waals surface area contributed by atoms with Gasteiger partial charge in [-0.1, -0.05) is 121 Å². The molecule has 260 valence electrons. The van der Waals surface area contributed by atoms with Crippen LogP contribution in [0.1, 0.15) is 43.2 Å². The molecule has 54 heavy (non-hydrogen) atoms. The normalized spacial score (nSPS) is 23.3. The molecule has 0 saturated heterocycles. The lowest BCUT2D eigenvalue weighted by atomic mass is 9.43. The molecule has 5 aliphatic carbocycles. The molecule has 0 radical (unpaired) electrons. The summed E-state index contributed by atoms with van der Waals surface area (Å²) in [5.74, 6) is 3.49. The van der Waals surface area contributed by atoms with Crippen molar-refractivity contribution in [2.75, 3.05) is 4.90 Å². The first-order valence-electron chi connectivity index (χ1n) is 19.9. The fraction of sp³-hybridized carbons (Fsp3) is 0.192. The summed E-state index contributed by atoms with van der Waals surface area (Å²) in [6, 6.07) is 61.7. The van der Waals surface area contributed by atoms with Crippen LogP contribution in [0.4, 0.5) is 17.1 Å². The van der Waals surface area contributed by atoms with Crippen LogP contribution < -0.4 is 4.90 Å². The molecular formula is C52H41NS. The zero-order valence-corrected chi connectivity index (χ0v) is 31.1. The van der Waals surface area contributed by atoms with Gasteiger partial charge in [-0.15, -0.1) is 11.3 Å². The molecule has 0 unspecified atom stereocenters. The van der Waals surface area contributed by atoms with E-state index in [1.54, 1.807) is 11.1 Å². The van der Waals surface area contributed by atoms with Crippen molar-refractivity contribution < 1.29 is 0 Å². The number of thiophene rings is 1. The third kappa shape index (κ3) is 4.44. The van der Waals surface area contributed by atoms with Crippen LogP contribution in [-0.2, 0) is 5.41 Å². The van der Waals surface area contributed by atoms with Crippen molar-refractivity contribution >= 4 is 48.6 Å². The van der Waals surface area contributed by atoms with Crippen LogP contribution in [0.25, 0.3) is 53.6 Å². The van der Waals surface area contributed by atoms with E-state index in [0.717, 1.165) is 35.0 Å². The molecule has 13 rings (SSSR count). The predicted octanol–water partition coefficient (Wildman–Crippen LogP) is 14.6. The van der Waals surface area contributed by atoms with Crippen LogP contribution in [0.3, 0.4) is 0 Å². The number of benzene rings is 7. The maximum Gasteiger partial charge on any atom is 0.0640 e. The third-order valence-corrected chi connectivity index (χ3v) is 15.1. The monoisotopic (exact) mass is 711 g/mol. The third-order valence-electron chi connectivity index (χ3n) is 13.8. The molecule has 5 aliphatic rings. The largest absolute Gasteiger partial charge is 0.309 e. The van der Waals surface area contributed by atoms with Gasteiger partial charge in [-0.2, -0.15) is 0 Å². The summed E-state index contributed by atoms with van der Waals surface area (Å²) < 4.78 is 2.63. The fourth-order valence-corrected chi connectivity index (χ4v) is 13.1. The Kier molecular flexibility index (Phi) is 6.75. The standard InChI is InChI=1S/C52H41NS/c1-2-10-35(11-3-1)37-12-8-13-42(31-37)53(49-18-9-16-45-44-15-5-7-19-50(44)54-51(45)49)41-23-20-36(21-24-41)38-22-25-48-46(32-38)43-14-4-6-17-47(43)52(48)39-27-33-26-34(29-39)30-40(52)28-33/h1-25,31-34,39-40H,26-30H2. The van der Waals surface area contributed by atoms with Crippen molar-refractivity contribution in [1.82, 2.24) is 0 Å². The Balaban J connectivity index is 0.976. The van der Waals surface area contributed by atoms with Gasteiger partial charge in [-0.25, -0.2) is 0 Å². The Morgan fingerprint density at radius 2 is 1.07 bits per heavy atom. The molecule has 8 aromatic rings. The van der Waals surface area contributed by atoms with E-state index in [1.165, 1.54) is 91.3 Å². The Hall–Kier alpha value is -5.44. The van der Waals surface area contributed by atoms with Gasteiger partial charge in [0.05, 0.1) is 10.4 Å². The molecule has 1 nitrogen and oxygen atoms in total. The summed E-state index contributed by atoms with van der Waals surface area (Å²) in [5.41, 5.74) is 15.0. The Bertz CT molecular complexity index is 2710. The van der Waals surface area contributed by atoms with Gasteiger partial charge in [0.2, 0.25) is 0 Å². The van der Waals surface area contributed by atoms with E-state index in [9.17, 15) is 0 Å². The van der Waals surface area contributed by atoms with Crippen LogP contribution in [0.5, 0.6) is 0 Å². The second-order valence-corrected chi connectivity index (χ2v) is 17.6. The number of hydrogen-bond donors (Lipinski definition) is 0. The SMILES string of the molecule is c1ccc(-c2cccc(N(c3ccc(-c4ccc5c(c4)-c4ccccc4C54C5CC6CC(C5)CC4C6)cc3)c3cccc4c3sc3ccccc34)c2)cc1. The van der Waals surface area contributed by atoms with Crippen molar-refractivity contribution in [2.45, 2.75) is 37.5 Å². The minimum absolute atomic E-state index is 0.212. The lowest BCUT2D eigenvalue weighted by Crippen LogP contribution is -2.55. The van der Waals surface area contributed by atoms with Gasteiger partial charge in [-0.3, -0.25) is 0 Å². The molecule has 0 atom stereocenters. The summed E-state index contributed by atoms with van der Waals surface area (Å²) in [4.78, 5) is 2.46. The van der Waals surface area contributed by atoms with E-state index in [4.69, 9.17) is 0 Å². The highest BCUT2D eigenvalue weighted by atomic mass is 32.1. The van der Waals surface area contributed by atoms with E-state index in [2.05, 4.69) is 169 Å². The van der Waals surface area contributed by atoms with Gasteiger partial charge in [0.25, 0.3) is 0 Å². The first-order valence-corrected chi connectivity index (χ1v) is 20.7. The predicted molar refractivity (Wildman–Crippen MR) is 228 cm³/mol. The average molecular weight is 712 g/mol. The van der Waals surface area contributed by atoms with Gasteiger partial charge in [-0.05, 0) is 143 Å². The molecule has 4 bridgehead atoms. The van der Waals surface area contributed by atoms with Gasteiger partial charge >= 0.3 is 0 Å². The second-order valence-electron chi connectivity index (χ2n) is 16.5. The molecule has 4 saturated carbocycles. The Morgan fingerprint density at radius 1 is 0.444 bits per heavy atom. The zero-order chi connectivity index (χ0) is 35.4. The van der Waals surface area contributed by atoms with E-state index in [1.807, 2.05) is 11.3 Å².